The number of hydrogen-bond donors (Lipinski definition) is 1. The van der Waals surface area contributed by atoms with E-state index in [0.717, 1.165) is 22.7 Å². The van der Waals surface area contributed by atoms with Gasteiger partial charge in [-0.2, -0.15) is 0 Å². The predicted molar refractivity (Wildman–Crippen MR) is 79.9 cm³/mol. The average molecular weight is 256 g/mol. The number of hydrogen-bond acceptors (Lipinski definition) is 3. The Hall–Kier alpha value is -2.00. The molecule has 0 spiro atoms. The van der Waals surface area contributed by atoms with E-state index in [-0.39, 0.29) is 6.04 Å². The molecule has 0 unspecified atom stereocenters. The highest BCUT2D eigenvalue weighted by Crippen LogP contribution is 2.30. The second-order valence-electron chi connectivity index (χ2n) is 4.82. The molecule has 0 bridgehead atoms. The Bertz CT molecular complexity index is 550. The van der Waals surface area contributed by atoms with Crippen LogP contribution in [0.4, 0.5) is 5.69 Å². The molecule has 0 radical (unpaired) electrons. The van der Waals surface area contributed by atoms with Crippen molar-refractivity contribution in [3.05, 3.63) is 54.1 Å². The Labute approximate surface area is 114 Å². The third-order valence-electron chi connectivity index (χ3n) is 2.97. The number of anilines is 1. The monoisotopic (exact) mass is 256 g/mol. The highest BCUT2D eigenvalue weighted by atomic mass is 16.5. The van der Waals surface area contributed by atoms with Gasteiger partial charge in [0.15, 0.2) is 0 Å². The van der Waals surface area contributed by atoms with Crippen LogP contribution in [0.15, 0.2) is 48.5 Å². The van der Waals surface area contributed by atoms with Gasteiger partial charge < -0.3 is 15.4 Å². The zero-order valence-corrected chi connectivity index (χ0v) is 11.6. The van der Waals surface area contributed by atoms with E-state index in [0.29, 0.717) is 0 Å². The highest BCUT2D eigenvalue weighted by molar-refractivity contribution is 5.51. The summed E-state index contributed by atoms with van der Waals surface area (Å²) < 4.78 is 5.95. The topological polar surface area (TPSA) is 38.5 Å². The summed E-state index contributed by atoms with van der Waals surface area (Å²) in [6, 6.07) is 15.8. The molecule has 0 aliphatic rings. The molecule has 0 heterocycles. The lowest BCUT2D eigenvalue weighted by atomic mass is 10.1. The molecule has 0 aromatic heterocycles. The number of nitrogens with zero attached hydrogens (tertiary/aromatic N) is 1. The largest absolute Gasteiger partial charge is 0.457 e. The average Bonchev–Trinajstić information content (AvgIpc) is 2.39. The van der Waals surface area contributed by atoms with E-state index in [1.54, 1.807) is 0 Å². The lowest BCUT2D eigenvalue weighted by molar-refractivity contribution is 0.472. The molecule has 2 rings (SSSR count). The second-order valence-corrected chi connectivity index (χ2v) is 4.82. The van der Waals surface area contributed by atoms with E-state index in [9.17, 15) is 0 Å². The van der Waals surface area contributed by atoms with Crippen molar-refractivity contribution in [3.63, 3.8) is 0 Å². The van der Waals surface area contributed by atoms with Gasteiger partial charge >= 0.3 is 0 Å². The van der Waals surface area contributed by atoms with Crippen molar-refractivity contribution in [1.82, 2.24) is 0 Å². The number of ether oxygens (including phenoxy) is 1. The quantitative estimate of drug-likeness (QED) is 0.909. The summed E-state index contributed by atoms with van der Waals surface area (Å²) in [5, 5.41) is 0. The lowest BCUT2D eigenvalue weighted by Crippen LogP contribution is -2.08. The van der Waals surface area contributed by atoms with Gasteiger partial charge in [-0.05, 0) is 25.1 Å². The molecule has 0 saturated carbocycles. The van der Waals surface area contributed by atoms with E-state index in [4.69, 9.17) is 10.5 Å². The van der Waals surface area contributed by atoms with Crippen molar-refractivity contribution in [2.75, 3.05) is 19.0 Å². The number of rotatable bonds is 4. The Kier molecular flexibility index (Phi) is 4.07. The minimum atomic E-state index is -0.0479. The van der Waals surface area contributed by atoms with E-state index < -0.39 is 0 Å². The van der Waals surface area contributed by atoms with Crippen LogP contribution in [0.5, 0.6) is 11.5 Å². The van der Waals surface area contributed by atoms with Crippen LogP contribution in [0.3, 0.4) is 0 Å². The number of benzene rings is 2. The lowest BCUT2D eigenvalue weighted by Gasteiger charge is -2.16. The fourth-order valence-corrected chi connectivity index (χ4v) is 1.90. The van der Waals surface area contributed by atoms with Gasteiger partial charge in [-0.1, -0.05) is 24.3 Å². The molecule has 100 valence electrons. The van der Waals surface area contributed by atoms with Crippen LogP contribution in [0, 0.1) is 0 Å². The maximum Gasteiger partial charge on any atom is 0.132 e. The Morgan fingerprint density at radius 3 is 2.47 bits per heavy atom. The Morgan fingerprint density at radius 1 is 1.05 bits per heavy atom. The zero-order valence-electron chi connectivity index (χ0n) is 11.6. The van der Waals surface area contributed by atoms with Gasteiger partial charge in [-0.25, -0.2) is 0 Å². The zero-order chi connectivity index (χ0) is 13.8. The normalized spacial score (nSPS) is 12.0. The predicted octanol–water partition coefficient (Wildman–Crippen LogP) is 3.56. The summed E-state index contributed by atoms with van der Waals surface area (Å²) >= 11 is 0. The molecule has 0 fully saturated rings. The van der Waals surface area contributed by atoms with Crippen LogP contribution < -0.4 is 15.4 Å². The molecule has 2 aromatic carbocycles. The van der Waals surface area contributed by atoms with Gasteiger partial charge in [0.2, 0.25) is 0 Å². The van der Waals surface area contributed by atoms with Crippen LogP contribution in [-0.4, -0.2) is 14.1 Å². The third kappa shape index (κ3) is 3.26. The van der Waals surface area contributed by atoms with Crippen molar-refractivity contribution in [1.29, 1.82) is 0 Å². The van der Waals surface area contributed by atoms with Crippen LogP contribution >= 0.6 is 0 Å². The fourth-order valence-electron chi connectivity index (χ4n) is 1.90. The van der Waals surface area contributed by atoms with Crippen LogP contribution in [-0.2, 0) is 0 Å². The molecular weight excluding hydrogens is 236 g/mol. The third-order valence-corrected chi connectivity index (χ3v) is 2.97. The first-order valence-electron chi connectivity index (χ1n) is 6.37. The first-order chi connectivity index (χ1) is 9.08. The molecule has 0 aliphatic carbocycles. The highest BCUT2D eigenvalue weighted by Gasteiger charge is 2.08. The van der Waals surface area contributed by atoms with Crippen molar-refractivity contribution >= 4 is 5.69 Å². The second kappa shape index (κ2) is 5.76. The van der Waals surface area contributed by atoms with Gasteiger partial charge in [-0.15, -0.1) is 0 Å². The molecule has 0 aliphatic heterocycles. The van der Waals surface area contributed by atoms with Crippen molar-refractivity contribution in [2.24, 2.45) is 5.73 Å². The smallest absolute Gasteiger partial charge is 0.132 e. The summed E-state index contributed by atoms with van der Waals surface area (Å²) in [7, 11) is 4.02. The molecule has 0 amide bonds. The first-order valence-corrected chi connectivity index (χ1v) is 6.37. The van der Waals surface area contributed by atoms with E-state index >= 15 is 0 Å². The van der Waals surface area contributed by atoms with Gasteiger partial charge in [-0.3, -0.25) is 0 Å². The fraction of sp³-hybridized carbons (Fsp3) is 0.250. The van der Waals surface area contributed by atoms with Crippen LogP contribution in [0.2, 0.25) is 0 Å². The van der Waals surface area contributed by atoms with Gasteiger partial charge in [0, 0.05) is 37.5 Å². The van der Waals surface area contributed by atoms with E-state index in [2.05, 4.69) is 0 Å². The van der Waals surface area contributed by atoms with E-state index in [1.165, 1.54) is 0 Å². The minimum Gasteiger partial charge on any atom is -0.457 e. The molecule has 2 N–H and O–H groups in total. The summed E-state index contributed by atoms with van der Waals surface area (Å²) in [6.07, 6.45) is 0. The molecule has 2 aromatic rings. The van der Waals surface area contributed by atoms with Crippen molar-refractivity contribution < 1.29 is 4.74 Å². The van der Waals surface area contributed by atoms with Crippen LogP contribution in [0.1, 0.15) is 18.5 Å². The van der Waals surface area contributed by atoms with Crippen LogP contribution in [0.25, 0.3) is 0 Å². The van der Waals surface area contributed by atoms with E-state index in [1.807, 2.05) is 74.4 Å². The standard InChI is InChI=1S/C16H20N2O/c1-12(17)15-9-4-5-10-16(15)19-14-8-6-7-13(11-14)18(2)3/h4-12H,17H2,1-3H3/t12-/m1/s1. The molecule has 1 atom stereocenters. The summed E-state index contributed by atoms with van der Waals surface area (Å²) in [5.74, 6) is 1.63. The minimum absolute atomic E-state index is 0.0479. The van der Waals surface area contributed by atoms with Crippen molar-refractivity contribution in [2.45, 2.75) is 13.0 Å². The SMILES string of the molecule is C[C@@H](N)c1ccccc1Oc1cccc(N(C)C)c1. The molecule has 19 heavy (non-hydrogen) atoms. The molecule has 3 nitrogen and oxygen atoms in total. The Morgan fingerprint density at radius 2 is 1.79 bits per heavy atom. The molecule has 3 heteroatoms. The van der Waals surface area contributed by atoms with Crippen molar-refractivity contribution in [3.8, 4) is 11.5 Å². The summed E-state index contributed by atoms with van der Waals surface area (Å²) in [5.41, 5.74) is 8.08. The summed E-state index contributed by atoms with van der Waals surface area (Å²) in [4.78, 5) is 2.05. The van der Waals surface area contributed by atoms with Gasteiger partial charge in [0.25, 0.3) is 0 Å². The molecule has 0 saturated heterocycles. The Balaban J connectivity index is 2.29. The maximum absolute atomic E-state index is 5.96. The van der Waals surface area contributed by atoms with Gasteiger partial charge in [0.1, 0.15) is 11.5 Å². The molecular formula is C16H20N2O. The first kappa shape index (κ1) is 13.4. The number of nitrogens with two attached hydrogens (primary N) is 1. The van der Waals surface area contributed by atoms with Gasteiger partial charge in [0.05, 0.1) is 0 Å². The maximum atomic E-state index is 5.96. The summed E-state index contributed by atoms with van der Waals surface area (Å²) in [6.45, 7) is 1.96. The number of para-hydroxylation sites is 1.